The van der Waals surface area contributed by atoms with Crippen LogP contribution in [0.5, 0.6) is 5.75 Å². The molecule has 30 heavy (non-hydrogen) atoms. The third-order valence-electron chi connectivity index (χ3n) is 4.85. The standard InChI is InChI=1S/C21H20ClN3O3S2/c22-15-1-3-17(4-2-15)28-11-19-24-18(13-30-19)21(27)25-8-5-16(6-9-25)23-20(26)14-7-10-29-12-14/h1-4,7,10,12-13,16H,5-6,8-9,11H2,(H,23,26). The fraction of sp³-hybridized carbons (Fsp3) is 0.286. The first kappa shape index (κ1) is 20.8. The van der Waals surface area contributed by atoms with Gasteiger partial charge in [-0.3, -0.25) is 9.59 Å². The van der Waals surface area contributed by atoms with Gasteiger partial charge in [0.15, 0.2) is 0 Å². The highest BCUT2D eigenvalue weighted by molar-refractivity contribution is 7.09. The number of hydrogen-bond donors (Lipinski definition) is 1. The second-order valence-corrected chi connectivity index (χ2v) is 9.08. The molecule has 3 heterocycles. The maximum absolute atomic E-state index is 12.8. The van der Waals surface area contributed by atoms with E-state index in [0.29, 0.717) is 41.7 Å². The Bertz CT molecular complexity index is 997. The molecule has 2 amide bonds. The van der Waals surface area contributed by atoms with Gasteiger partial charge in [0.1, 0.15) is 23.1 Å². The molecule has 1 N–H and O–H groups in total. The van der Waals surface area contributed by atoms with E-state index in [9.17, 15) is 9.59 Å². The number of rotatable bonds is 6. The number of nitrogens with one attached hydrogen (secondary N) is 1. The van der Waals surface area contributed by atoms with Crippen LogP contribution in [-0.2, 0) is 6.61 Å². The molecular formula is C21H20ClN3O3S2. The van der Waals surface area contributed by atoms with E-state index < -0.39 is 0 Å². The van der Waals surface area contributed by atoms with E-state index in [4.69, 9.17) is 16.3 Å². The molecule has 4 rings (SSSR count). The lowest BCUT2D eigenvalue weighted by Crippen LogP contribution is -2.46. The van der Waals surface area contributed by atoms with Gasteiger partial charge in [-0.05, 0) is 48.6 Å². The van der Waals surface area contributed by atoms with Crippen LogP contribution in [0.4, 0.5) is 0 Å². The van der Waals surface area contributed by atoms with Gasteiger partial charge in [0.05, 0.1) is 0 Å². The van der Waals surface area contributed by atoms with Crippen LogP contribution in [0.3, 0.4) is 0 Å². The van der Waals surface area contributed by atoms with Crippen molar-refractivity contribution >= 4 is 46.1 Å². The van der Waals surface area contributed by atoms with Crippen LogP contribution in [-0.4, -0.2) is 40.8 Å². The topological polar surface area (TPSA) is 71.5 Å². The maximum Gasteiger partial charge on any atom is 0.273 e. The van der Waals surface area contributed by atoms with Gasteiger partial charge in [0, 0.05) is 40.5 Å². The van der Waals surface area contributed by atoms with Crippen molar-refractivity contribution in [1.82, 2.24) is 15.2 Å². The Kier molecular flexibility index (Phi) is 6.66. The average Bonchev–Trinajstić information content (AvgIpc) is 3.46. The van der Waals surface area contributed by atoms with Gasteiger partial charge < -0.3 is 15.0 Å². The molecule has 0 radical (unpaired) electrons. The Balaban J connectivity index is 1.26. The molecule has 0 aliphatic carbocycles. The van der Waals surface area contributed by atoms with Crippen molar-refractivity contribution in [2.24, 2.45) is 0 Å². The summed E-state index contributed by atoms with van der Waals surface area (Å²) >= 11 is 8.78. The molecule has 0 saturated carbocycles. The fourth-order valence-electron chi connectivity index (χ4n) is 3.20. The molecule has 1 aromatic carbocycles. The van der Waals surface area contributed by atoms with Crippen LogP contribution in [0.1, 0.15) is 38.7 Å². The lowest BCUT2D eigenvalue weighted by molar-refractivity contribution is 0.0693. The number of ether oxygens (including phenoxy) is 1. The highest BCUT2D eigenvalue weighted by Crippen LogP contribution is 2.20. The number of nitrogens with zero attached hydrogens (tertiary/aromatic N) is 2. The number of piperidine rings is 1. The summed E-state index contributed by atoms with van der Waals surface area (Å²) in [6.07, 6.45) is 1.47. The SMILES string of the molecule is O=C(NC1CCN(C(=O)c2csc(COc3ccc(Cl)cc3)n2)CC1)c1ccsc1. The van der Waals surface area contributed by atoms with Crippen molar-refractivity contribution in [1.29, 1.82) is 0 Å². The molecule has 6 nitrogen and oxygen atoms in total. The Morgan fingerprint density at radius 1 is 1.17 bits per heavy atom. The predicted molar refractivity (Wildman–Crippen MR) is 119 cm³/mol. The van der Waals surface area contributed by atoms with E-state index in [1.165, 1.54) is 22.7 Å². The first-order chi connectivity index (χ1) is 14.6. The number of benzene rings is 1. The number of thiophene rings is 1. The summed E-state index contributed by atoms with van der Waals surface area (Å²) in [4.78, 5) is 31.2. The highest BCUT2D eigenvalue weighted by atomic mass is 35.5. The number of hydrogen-bond acceptors (Lipinski definition) is 6. The van der Waals surface area contributed by atoms with Gasteiger partial charge >= 0.3 is 0 Å². The number of amides is 2. The quantitative estimate of drug-likeness (QED) is 0.587. The Morgan fingerprint density at radius 3 is 2.63 bits per heavy atom. The Morgan fingerprint density at radius 2 is 1.93 bits per heavy atom. The van der Waals surface area contributed by atoms with Crippen molar-refractivity contribution in [3.63, 3.8) is 0 Å². The maximum atomic E-state index is 12.8. The smallest absolute Gasteiger partial charge is 0.273 e. The Hall–Kier alpha value is -2.42. The molecule has 2 aromatic heterocycles. The number of carbonyl (C=O) groups excluding carboxylic acids is 2. The van der Waals surface area contributed by atoms with Crippen molar-refractivity contribution in [2.45, 2.75) is 25.5 Å². The lowest BCUT2D eigenvalue weighted by atomic mass is 10.0. The number of carbonyl (C=O) groups is 2. The van der Waals surface area contributed by atoms with Crippen molar-refractivity contribution in [3.05, 3.63) is 67.8 Å². The molecule has 1 aliphatic heterocycles. The summed E-state index contributed by atoms with van der Waals surface area (Å²) in [7, 11) is 0. The highest BCUT2D eigenvalue weighted by Gasteiger charge is 2.26. The zero-order valence-corrected chi connectivity index (χ0v) is 18.4. The Labute approximate surface area is 187 Å². The largest absolute Gasteiger partial charge is 0.486 e. The van der Waals surface area contributed by atoms with Crippen LogP contribution in [0, 0.1) is 0 Å². The van der Waals surface area contributed by atoms with E-state index in [1.807, 2.05) is 16.8 Å². The van der Waals surface area contributed by atoms with E-state index in [1.54, 1.807) is 34.5 Å². The van der Waals surface area contributed by atoms with Gasteiger partial charge in [0.25, 0.3) is 11.8 Å². The zero-order chi connectivity index (χ0) is 20.9. The minimum Gasteiger partial charge on any atom is -0.486 e. The summed E-state index contributed by atoms with van der Waals surface area (Å²) in [6, 6.07) is 9.02. The summed E-state index contributed by atoms with van der Waals surface area (Å²) < 4.78 is 5.69. The molecule has 156 valence electrons. The summed E-state index contributed by atoms with van der Waals surface area (Å²) in [5, 5.41) is 9.94. The van der Waals surface area contributed by atoms with Crippen LogP contribution in [0.25, 0.3) is 0 Å². The predicted octanol–water partition coefficient (Wildman–Crippen LogP) is 4.47. The fourth-order valence-corrected chi connectivity index (χ4v) is 4.64. The second kappa shape index (κ2) is 9.59. The number of likely N-dealkylation sites (tertiary alicyclic amines) is 1. The molecule has 3 aromatic rings. The number of aromatic nitrogens is 1. The minimum absolute atomic E-state index is 0.0501. The molecular weight excluding hydrogens is 442 g/mol. The van der Waals surface area contributed by atoms with Crippen molar-refractivity contribution in [3.8, 4) is 5.75 Å². The van der Waals surface area contributed by atoms with Gasteiger partial charge in [-0.15, -0.1) is 11.3 Å². The van der Waals surface area contributed by atoms with Crippen LogP contribution in [0.15, 0.2) is 46.5 Å². The summed E-state index contributed by atoms with van der Waals surface area (Å²) in [6.45, 7) is 1.50. The molecule has 0 atom stereocenters. The third-order valence-corrected chi connectivity index (χ3v) is 6.61. The van der Waals surface area contributed by atoms with Gasteiger partial charge in [0.2, 0.25) is 0 Å². The average molecular weight is 462 g/mol. The van der Waals surface area contributed by atoms with Crippen LogP contribution < -0.4 is 10.1 Å². The number of halogens is 1. The molecule has 1 saturated heterocycles. The van der Waals surface area contributed by atoms with Gasteiger partial charge in [-0.2, -0.15) is 11.3 Å². The normalized spacial score (nSPS) is 14.5. The van der Waals surface area contributed by atoms with Crippen molar-refractivity contribution in [2.75, 3.05) is 13.1 Å². The first-order valence-corrected chi connectivity index (χ1v) is 11.7. The molecule has 9 heteroatoms. The third kappa shape index (κ3) is 5.19. The molecule has 0 bridgehead atoms. The van der Waals surface area contributed by atoms with Crippen molar-refractivity contribution < 1.29 is 14.3 Å². The molecule has 0 unspecified atom stereocenters. The molecule has 1 fully saturated rings. The van der Waals surface area contributed by atoms with Gasteiger partial charge in [-0.1, -0.05) is 11.6 Å². The minimum atomic E-state index is -0.0772. The second-order valence-electron chi connectivity index (χ2n) is 6.92. The van der Waals surface area contributed by atoms with E-state index in [2.05, 4.69) is 10.3 Å². The van der Waals surface area contributed by atoms with Crippen LogP contribution >= 0.6 is 34.3 Å². The van der Waals surface area contributed by atoms with Crippen LogP contribution in [0.2, 0.25) is 5.02 Å². The summed E-state index contributed by atoms with van der Waals surface area (Å²) in [5.74, 6) is 0.575. The zero-order valence-electron chi connectivity index (χ0n) is 16.0. The number of thiazole rings is 1. The van der Waals surface area contributed by atoms with E-state index in [-0.39, 0.29) is 17.9 Å². The van der Waals surface area contributed by atoms with E-state index >= 15 is 0 Å². The van der Waals surface area contributed by atoms with Gasteiger partial charge in [-0.25, -0.2) is 4.98 Å². The monoisotopic (exact) mass is 461 g/mol. The summed E-state index contributed by atoms with van der Waals surface area (Å²) in [5.41, 5.74) is 1.13. The molecule has 0 spiro atoms. The lowest BCUT2D eigenvalue weighted by Gasteiger charge is -2.32. The first-order valence-electron chi connectivity index (χ1n) is 9.53. The van der Waals surface area contributed by atoms with E-state index in [0.717, 1.165) is 17.8 Å². The molecule has 1 aliphatic rings.